The van der Waals surface area contributed by atoms with Crippen LogP contribution in [0.5, 0.6) is 5.75 Å². The van der Waals surface area contributed by atoms with Crippen LogP contribution in [0, 0.1) is 0 Å². The van der Waals surface area contributed by atoms with Gasteiger partial charge in [0.2, 0.25) is 0 Å². The number of nitrogens with zero attached hydrogens (tertiary/aromatic N) is 1. The molecule has 1 fully saturated rings. The van der Waals surface area contributed by atoms with Gasteiger partial charge in [0.15, 0.2) is 0 Å². The summed E-state index contributed by atoms with van der Waals surface area (Å²) in [6.45, 7) is 2.97. The molecule has 1 saturated heterocycles. The zero-order chi connectivity index (χ0) is 13.5. The summed E-state index contributed by atoms with van der Waals surface area (Å²) >= 11 is 0. The van der Waals surface area contributed by atoms with E-state index in [4.69, 9.17) is 9.84 Å². The van der Waals surface area contributed by atoms with Crippen LogP contribution >= 0.6 is 0 Å². The molecule has 1 unspecified atom stereocenters. The maximum atomic E-state index is 10.4. The molecule has 0 radical (unpaired) electrons. The highest BCUT2D eigenvalue weighted by molar-refractivity contribution is 5.66. The first-order chi connectivity index (χ1) is 9.24. The Labute approximate surface area is 114 Å². The Morgan fingerprint density at radius 2 is 2.11 bits per heavy atom. The number of aliphatic carboxylic acids is 1. The zero-order valence-corrected chi connectivity index (χ0v) is 11.1. The lowest BCUT2D eigenvalue weighted by Crippen LogP contribution is -2.25. The van der Waals surface area contributed by atoms with Gasteiger partial charge in [0, 0.05) is 19.5 Å². The van der Waals surface area contributed by atoms with Gasteiger partial charge in [-0.3, -0.25) is 9.69 Å². The Balaban J connectivity index is 1.64. The standard InChI is InChI=1S/C15H21NO3/c17-15(18)8-4-5-10-16-11-9-14(12-16)19-13-6-2-1-3-7-13/h1-3,6-7,14H,4-5,8-12H2,(H,17,18). The normalized spacial score (nSPS) is 19.5. The molecule has 1 aromatic rings. The van der Waals surface area contributed by atoms with Crippen molar-refractivity contribution in [3.63, 3.8) is 0 Å². The van der Waals surface area contributed by atoms with Gasteiger partial charge in [0.1, 0.15) is 11.9 Å². The number of carboxylic acids is 1. The van der Waals surface area contributed by atoms with Gasteiger partial charge in [-0.25, -0.2) is 0 Å². The average molecular weight is 263 g/mol. The Morgan fingerprint density at radius 3 is 2.84 bits per heavy atom. The third-order valence-electron chi connectivity index (χ3n) is 3.39. The predicted molar refractivity (Wildman–Crippen MR) is 73.4 cm³/mol. The molecule has 19 heavy (non-hydrogen) atoms. The van der Waals surface area contributed by atoms with E-state index in [0.29, 0.717) is 0 Å². The van der Waals surface area contributed by atoms with Crippen molar-refractivity contribution in [3.05, 3.63) is 30.3 Å². The van der Waals surface area contributed by atoms with Crippen LogP contribution in [0.15, 0.2) is 30.3 Å². The molecule has 4 nitrogen and oxygen atoms in total. The molecule has 1 heterocycles. The minimum Gasteiger partial charge on any atom is -0.489 e. The van der Waals surface area contributed by atoms with Crippen molar-refractivity contribution in [2.45, 2.75) is 31.8 Å². The van der Waals surface area contributed by atoms with Crippen molar-refractivity contribution >= 4 is 5.97 Å². The monoisotopic (exact) mass is 263 g/mol. The van der Waals surface area contributed by atoms with Crippen molar-refractivity contribution < 1.29 is 14.6 Å². The quantitative estimate of drug-likeness (QED) is 0.767. The number of hydrogen-bond acceptors (Lipinski definition) is 3. The van der Waals surface area contributed by atoms with E-state index in [-0.39, 0.29) is 12.5 Å². The van der Waals surface area contributed by atoms with Gasteiger partial charge in [-0.05, 0) is 37.9 Å². The van der Waals surface area contributed by atoms with E-state index in [1.54, 1.807) is 0 Å². The van der Waals surface area contributed by atoms with Crippen molar-refractivity contribution in [1.29, 1.82) is 0 Å². The topological polar surface area (TPSA) is 49.8 Å². The van der Waals surface area contributed by atoms with Crippen molar-refractivity contribution in [1.82, 2.24) is 4.90 Å². The van der Waals surface area contributed by atoms with Gasteiger partial charge in [0.05, 0.1) is 0 Å². The summed E-state index contributed by atoms with van der Waals surface area (Å²) in [5, 5.41) is 8.58. The van der Waals surface area contributed by atoms with E-state index in [1.807, 2.05) is 30.3 Å². The number of unbranched alkanes of at least 4 members (excludes halogenated alkanes) is 1. The van der Waals surface area contributed by atoms with Crippen LogP contribution in [0.1, 0.15) is 25.7 Å². The molecule has 104 valence electrons. The fourth-order valence-corrected chi connectivity index (χ4v) is 2.40. The summed E-state index contributed by atoms with van der Waals surface area (Å²) < 4.78 is 5.91. The van der Waals surface area contributed by atoms with Crippen LogP contribution in [0.25, 0.3) is 0 Å². The minimum atomic E-state index is -0.702. The summed E-state index contributed by atoms with van der Waals surface area (Å²) in [6.07, 6.45) is 3.30. The van der Waals surface area contributed by atoms with Crippen molar-refractivity contribution in [3.8, 4) is 5.75 Å². The molecule has 0 aromatic heterocycles. The lowest BCUT2D eigenvalue weighted by molar-refractivity contribution is -0.137. The Kier molecular flexibility index (Phi) is 5.21. The summed E-state index contributed by atoms with van der Waals surface area (Å²) in [6, 6.07) is 9.91. The van der Waals surface area contributed by atoms with Crippen LogP contribution in [0.3, 0.4) is 0 Å². The van der Waals surface area contributed by atoms with Crippen LogP contribution < -0.4 is 4.74 Å². The van der Waals surface area contributed by atoms with E-state index in [2.05, 4.69) is 4.90 Å². The van der Waals surface area contributed by atoms with Crippen LogP contribution in [-0.2, 0) is 4.79 Å². The van der Waals surface area contributed by atoms with Crippen molar-refractivity contribution in [2.75, 3.05) is 19.6 Å². The average Bonchev–Trinajstić information content (AvgIpc) is 2.83. The summed E-state index contributed by atoms with van der Waals surface area (Å²) in [7, 11) is 0. The Morgan fingerprint density at radius 1 is 1.32 bits per heavy atom. The molecule has 0 saturated carbocycles. The molecule has 0 spiro atoms. The number of ether oxygens (including phenoxy) is 1. The number of benzene rings is 1. The maximum absolute atomic E-state index is 10.4. The number of rotatable bonds is 7. The Hall–Kier alpha value is -1.55. The molecule has 1 aliphatic rings. The molecule has 1 N–H and O–H groups in total. The third kappa shape index (κ3) is 4.91. The summed E-state index contributed by atoms with van der Waals surface area (Å²) in [5.41, 5.74) is 0. The molecule has 0 amide bonds. The summed E-state index contributed by atoms with van der Waals surface area (Å²) in [4.78, 5) is 12.8. The molecule has 1 atom stereocenters. The van der Waals surface area contributed by atoms with Gasteiger partial charge in [-0.1, -0.05) is 18.2 Å². The molecule has 1 aliphatic heterocycles. The predicted octanol–water partition coefficient (Wildman–Crippen LogP) is 2.39. The SMILES string of the molecule is O=C(O)CCCCN1CCC(Oc2ccccc2)C1. The van der Waals surface area contributed by atoms with Gasteiger partial charge in [-0.2, -0.15) is 0 Å². The van der Waals surface area contributed by atoms with Crippen LogP contribution in [0.4, 0.5) is 0 Å². The van der Waals surface area contributed by atoms with Gasteiger partial charge < -0.3 is 9.84 Å². The fourth-order valence-electron chi connectivity index (χ4n) is 2.40. The molecule has 4 heteroatoms. The molecule has 1 aromatic carbocycles. The van der Waals surface area contributed by atoms with E-state index in [0.717, 1.165) is 44.6 Å². The first kappa shape index (κ1) is 13.9. The Bertz CT molecular complexity index is 394. The lowest BCUT2D eigenvalue weighted by atomic mass is 10.2. The highest BCUT2D eigenvalue weighted by atomic mass is 16.5. The number of para-hydroxylation sites is 1. The summed E-state index contributed by atoms with van der Waals surface area (Å²) in [5.74, 6) is 0.229. The highest BCUT2D eigenvalue weighted by Gasteiger charge is 2.23. The second-order valence-corrected chi connectivity index (χ2v) is 4.99. The number of carboxylic acid groups (broad SMARTS) is 1. The molecule has 0 aliphatic carbocycles. The van der Waals surface area contributed by atoms with Gasteiger partial charge in [0.25, 0.3) is 0 Å². The maximum Gasteiger partial charge on any atom is 0.303 e. The molecular weight excluding hydrogens is 242 g/mol. The van der Waals surface area contributed by atoms with E-state index >= 15 is 0 Å². The number of carbonyl (C=O) groups is 1. The fraction of sp³-hybridized carbons (Fsp3) is 0.533. The first-order valence-electron chi connectivity index (χ1n) is 6.90. The molecule has 2 rings (SSSR count). The van der Waals surface area contributed by atoms with Crippen LogP contribution in [0.2, 0.25) is 0 Å². The van der Waals surface area contributed by atoms with E-state index in [1.165, 1.54) is 0 Å². The number of hydrogen-bond donors (Lipinski definition) is 1. The van der Waals surface area contributed by atoms with E-state index in [9.17, 15) is 4.79 Å². The zero-order valence-electron chi connectivity index (χ0n) is 11.1. The molecular formula is C15H21NO3. The van der Waals surface area contributed by atoms with E-state index < -0.39 is 5.97 Å². The van der Waals surface area contributed by atoms with Crippen molar-refractivity contribution in [2.24, 2.45) is 0 Å². The van der Waals surface area contributed by atoms with Gasteiger partial charge >= 0.3 is 5.97 Å². The third-order valence-corrected chi connectivity index (χ3v) is 3.39. The highest BCUT2D eigenvalue weighted by Crippen LogP contribution is 2.18. The van der Waals surface area contributed by atoms with Crippen LogP contribution in [-0.4, -0.2) is 41.7 Å². The van der Waals surface area contributed by atoms with Gasteiger partial charge in [-0.15, -0.1) is 0 Å². The number of likely N-dealkylation sites (tertiary alicyclic amines) is 1. The molecule has 0 bridgehead atoms. The second-order valence-electron chi connectivity index (χ2n) is 4.99. The lowest BCUT2D eigenvalue weighted by Gasteiger charge is -2.16. The minimum absolute atomic E-state index is 0.266. The largest absolute Gasteiger partial charge is 0.489 e. The second kappa shape index (κ2) is 7.14. The smallest absolute Gasteiger partial charge is 0.303 e. The first-order valence-corrected chi connectivity index (χ1v) is 6.90.